The fourth-order valence-electron chi connectivity index (χ4n) is 3.75. The number of rotatable bonds is 2. The van der Waals surface area contributed by atoms with E-state index >= 15 is 0 Å². The molecule has 0 aromatic heterocycles. The summed E-state index contributed by atoms with van der Waals surface area (Å²) in [7, 11) is 0. The lowest BCUT2D eigenvalue weighted by atomic mass is 9.97. The third-order valence-corrected chi connectivity index (χ3v) is 5.28. The third-order valence-electron chi connectivity index (χ3n) is 4.65. The van der Waals surface area contributed by atoms with Gasteiger partial charge in [0.25, 0.3) is 0 Å². The molecule has 0 saturated carbocycles. The molecule has 2 fully saturated rings. The van der Waals surface area contributed by atoms with E-state index < -0.39 is 5.60 Å². The number of carbonyl (C=O) groups excluding carboxylic acids is 1. The smallest absolute Gasteiger partial charge is 0.410 e. The van der Waals surface area contributed by atoms with Crippen molar-refractivity contribution in [3.05, 3.63) is 28.2 Å². The molecule has 1 aromatic rings. The maximum atomic E-state index is 12.5. The van der Waals surface area contributed by atoms with Crippen molar-refractivity contribution in [2.45, 2.75) is 70.2 Å². The zero-order valence-corrected chi connectivity index (χ0v) is 15.8. The first-order valence-corrected chi connectivity index (χ1v) is 9.22. The predicted molar refractivity (Wildman–Crippen MR) is 98.0 cm³/mol. The molecule has 2 aliphatic heterocycles. The number of benzene rings is 1. The summed E-state index contributed by atoms with van der Waals surface area (Å²) in [6.45, 7) is 5.71. The third kappa shape index (κ3) is 3.75. The fourth-order valence-corrected chi connectivity index (χ4v) is 4.25. The van der Waals surface area contributed by atoms with Gasteiger partial charge in [-0.15, -0.1) is 0 Å². The van der Waals surface area contributed by atoms with Crippen LogP contribution >= 0.6 is 23.2 Å². The molecule has 3 rings (SSSR count). The maximum Gasteiger partial charge on any atom is 0.410 e. The van der Waals surface area contributed by atoms with Crippen LogP contribution in [0.5, 0.6) is 0 Å². The van der Waals surface area contributed by atoms with Crippen molar-refractivity contribution in [3.8, 4) is 0 Å². The number of hydrogen-bond acceptors (Lipinski definition) is 3. The van der Waals surface area contributed by atoms with Crippen molar-refractivity contribution >= 4 is 35.0 Å². The van der Waals surface area contributed by atoms with E-state index in [0.29, 0.717) is 10.0 Å². The van der Waals surface area contributed by atoms with Gasteiger partial charge in [-0.1, -0.05) is 29.3 Å². The van der Waals surface area contributed by atoms with Crippen LogP contribution in [0.4, 0.5) is 10.5 Å². The second-order valence-electron chi connectivity index (χ2n) is 7.68. The Labute approximate surface area is 153 Å². The molecule has 1 amide bonds. The number of nitrogens with one attached hydrogen (secondary N) is 1. The van der Waals surface area contributed by atoms with E-state index in [-0.39, 0.29) is 24.2 Å². The monoisotopic (exact) mass is 370 g/mol. The van der Waals surface area contributed by atoms with Gasteiger partial charge in [0.1, 0.15) is 5.60 Å². The number of ether oxygens (including phenoxy) is 1. The van der Waals surface area contributed by atoms with Crippen LogP contribution in [-0.2, 0) is 4.74 Å². The minimum atomic E-state index is -0.462. The first-order chi connectivity index (χ1) is 11.2. The lowest BCUT2D eigenvalue weighted by Gasteiger charge is -2.40. The topological polar surface area (TPSA) is 41.6 Å². The molecule has 0 radical (unpaired) electrons. The summed E-state index contributed by atoms with van der Waals surface area (Å²) in [4.78, 5) is 14.4. The summed E-state index contributed by atoms with van der Waals surface area (Å²) in [5, 5.41) is 4.74. The lowest BCUT2D eigenvalue weighted by molar-refractivity contribution is 0.00684. The van der Waals surface area contributed by atoms with E-state index in [1.807, 2.05) is 43.9 Å². The molecule has 2 atom stereocenters. The lowest BCUT2D eigenvalue weighted by Crippen LogP contribution is -2.51. The van der Waals surface area contributed by atoms with Gasteiger partial charge >= 0.3 is 6.09 Å². The van der Waals surface area contributed by atoms with Crippen molar-refractivity contribution in [1.29, 1.82) is 0 Å². The van der Waals surface area contributed by atoms with Gasteiger partial charge in [0.2, 0.25) is 0 Å². The van der Waals surface area contributed by atoms with Crippen LogP contribution < -0.4 is 5.32 Å². The Balaban J connectivity index is 1.68. The number of hydrogen-bond donors (Lipinski definition) is 1. The minimum absolute atomic E-state index is 0.191. The van der Waals surface area contributed by atoms with Gasteiger partial charge in [0.15, 0.2) is 0 Å². The Morgan fingerprint density at radius 2 is 1.71 bits per heavy atom. The number of para-hydroxylation sites is 1. The highest BCUT2D eigenvalue weighted by Gasteiger charge is 2.44. The number of amides is 1. The first kappa shape index (κ1) is 17.7. The van der Waals surface area contributed by atoms with E-state index in [9.17, 15) is 4.79 Å². The number of carbonyl (C=O) groups is 1. The van der Waals surface area contributed by atoms with Crippen LogP contribution in [-0.4, -0.2) is 34.7 Å². The second kappa shape index (κ2) is 6.64. The fraction of sp³-hybridized carbons (Fsp3) is 0.611. The van der Waals surface area contributed by atoms with Gasteiger partial charge in [0, 0.05) is 18.1 Å². The average molecular weight is 371 g/mol. The Morgan fingerprint density at radius 1 is 1.17 bits per heavy atom. The van der Waals surface area contributed by atoms with Crippen LogP contribution in [0.3, 0.4) is 0 Å². The second-order valence-corrected chi connectivity index (χ2v) is 8.50. The number of anilines is 1. The van der Waals surface area contributed by atoms with Crippen LogP contribution in [0.25, 0.3) is 0 Å². The van der Waals surface area contributed by atoms with Crippen LogP contribution in [0, 0.1) is 0 Å². The Morgan fingerprint density at radius 3 is 2.21 bits per heavy atom. The standard InChI is InChI=1S/C18H24Cl2N2O2/c1-18(2,3)24-17(23)22-12-7-8-13(22)10-11(9-12)21-16-14(19)5-4-6-15(16)20/h4-6,11-13,21H,7-10H2,1-3H3. The van der Waals surface area contributed by atoms with Crippen molar-refractivity contribution in [3.63, 3.8) is 0 Å². The molecular weight excluding hydrogens is 347 g/mol. The van der Waals surface area contributed by atoms with Gasteiger partial charge in [-0.3, -0.25) is 0 Å². The Bertz CT molecular complexity index is 596. The number of nitrogens with zero attached hydrogens (tertiary/aromatic N) is 1. The van der Waals surface area contributed by atoms with Crippen molar-refractivity contribution < 1.29 is 9.53 Å². The molecule has 4 nitrogen and oxygen atoms in total. The molecule has 0 aliphatic carbocycles. The van der Waals surface area contributed by atoms with Crippen molar-refractivity contribution in [1.82, 2.24) is 4.90 Å². The van der Waals surface area contributed by atoms with Gasteiger partial charge in [-0.25, -0.2) is 4.79 Å². The first-order valence-electron chi connectivity index (χ1n) is 8.46. The molecule has 2 bridgehead atoms. The summed E-state index contributed by atoms with van der Waals surface area (Å²) in [5.74, 6) is 0. The highest BCUT2D eigenvalue weighted by Crippen LogP contribution is 2.39. The minimum Gasteiger partial charge on any atom is -0.444 e. The molecule has 2 saturated heterocycles. The molecule has 2 heterocycles. The zero-order valence-electron chi connectivity index (χ0n) is 14.3. The molecule has 24 heavy (non-hydrogen) atoms. The van der Waals surface area contributed by atoms with Crippen LogP contribution in [0.15, 0.2) is 18.2 Å². The van der Waals surface area contributed by atoms with Crippen molar-refractivity contribution in [2.24, 2.45) is 0 Å². The van der Waals surface area contributed by atoms with E-state index in [1.165, 1.54) is 0 Å². The van der Waals surface area contributed by atoms with Gasteiger partial charge in [0.05, 0.1) is 15.7 Å². The van der Waals surface area contributed by atoms with Gasteiger partial charge < -0.3 is 15.0 Å². The maximum absolute atomic E-state index is 12.5. The quantitative estimate of drug-likeness (QED) is 0.763. The SMILES string of the molecule is CC(C)(C)OC(=O)N1C2CCC1CC(Nc1c(Cl)cccc1Cl)C2. The molecule has 2 unspecified atom stereocenters. The van der Waals surface area contributed by atoms with E-state index in [1.54, 1.807) is 0 Å². The van der Waals surface area contributed by atoms with E-state index in [0.717, 1.165) is 31.4 Å². The number of halogens is 2. The zero-order chi connectivity index (χ0) is 17.5. The molecule has 0 spiro atoms. The molecule has 1 aromatic carbocycles. The number of fused-ring (bicyclic) bond motifs is 2. The summed E-state index contributed by atoms with van der Waals surface area (Å²) in [6, 6.07) is 6.21. The molecule has 132 valence electrons. The predicted octanol–water partition coefficient (Wildman–Crippen LogP) is 5.34. The normalized spacial score (nSPS) is 26.4. The summed E-state index contributed by atoms with van der Waals surface area (Å²) < 4.78 is 5.57. The van der Waals surface area contributed by atoms with Crippen LogP contribution in [0.1, 0.15) is 46.5 Å². The summed E-state index contributed by atoms with van der Waals surface area (Å²) >= 11 is 12.5. The molecular formula is C18H24Cl2N2O2. The van der Waals surface area contributed by atoms with E-state index in [4.69, 9.17) is 27.9 Å². The average Bonchev–Trinajstić information content (AvgIpc) is 2.73. The summed E-state index contributed by atoms with van der Waals surface area (Å²) in [6.07, 6.45) is 3.63. The molecule has 6 heteroatoms. The highest BCUT2D eigenvalue weighted by molar-refractivity contribution is 6.39. The largest absolute Gasteiger partial charge is 0.444 e. The van der Waals surface area contributed by atoms with Gasteiger partial charge in [-0.2, -0.15) is 0 Å². The highest BCUT2D eigenvalue weighted by atomic mass is 35.5. The Hall–Kier alpha value is -1.13. The summed E-state index contributed by atoms with van der Waals surface area (Å²) in [5.41, 5.74) is 0.326. The molecule has 1 N–H and O–H groups in total. The van der Waals surface area contributed by atoms with Crippen LogP contribution in [0.2, 0.25) is 10.0 Å². The Kier molecular flexibility index (Phi) is 4.89. The van der Waals surface area contributed by atoms with Gasteiger partial charge in [-0.05, 0) is 58.6 Å². The van der Waals surface area contributed by atoms with E-state index in [2.05, 4.69) is 5.32 Å². The molecule has 2 aliphatic rings. The van der Waals surface area contributed by atoms with Crippen molar-refractivity contribution in [2.75, 3.05) is 5.32 Å². The number of piperidine rings is 1.